The first kappa shape index (κ1) is 20.6. The highest BCUT2D eigenvalue weighted by Gasteiger charge is 2.46. The number of Topliss-reactive ketones (excluding diaryl/α,β-unsaturated/α-hetero) is 1. The summed E-state index contributed by atoms with van der Waals surface area (Å²) < 4.78 is 5.22. The molecule has 3 aromatic rings. The number of hydrogen-bond donors (Lipinski definition) is 1. The van der Waals surface area contributed by atoms with E-state index < -0.39 is 17.7 Å². The van der Waals surface area contributed by atoms with Crippen molar-refractivity contribution in [2.45, 2.75) is 12.6 Å². The number of amides is 1. The van der Waals surface area contributed by atoms with Crippen molar-refractivity contribution < 1.29 is 19.4 Å². The minimum absolute atomic E-state index is 0.0338. The Morgan fingerprint density at radius 2 is 1.68 bits per heavy atom. The molecule has 0 radical (unpaired) electrons. The molecule has 1 saturated heterocycles. The Morgan fingerprint density at radius 1 is 1.03 bits per heavy atom. The van der Waals surface area contributed by atoms with Gasteiger partial charge < -0.3 is 14.7 Å². The van der Waals surface area contributed by atoms with Gasteiger partial charge >= 0.3 is 0 Å². The van der Waals surface area contributed by atoms with E-state index in [1.54, 1.807) is 80.2 Å². The predicted molar refractivity (Wildman–Crippen MR) is 117 cm³/mol. The van der Waals surface area contributed by atoms with E-state index in [2.05, 4.69) is 4.98 Å². The van der Waals surface area contributed by atoms with E-state index in [4.69, 9.17) is 16.3 Å². The number of nitrogens with zero attached hydrogens (tertiary/aromatic N) is 2. The Balaban J connectivity index is 1.85. The molecule has 1 aliphatic heterocycles. The molecule has 7 heteroatoms. The van der Waals surface area contributed by atoms with Crippen LogP contribution in [0.2, 0.25) is 5.02 Å². The molecule has 1 unspecified atom stereocenters. The first-order chi connectivity index (χ1) is 15.0. The van der Waals surface area contributed by atoms with E-state index in [1.165, 1.54) is 4.90 Å². The van der Waals surface area contributed by atoms with E-state index in [0.717, 1.165) is 5.56 Å². The molecule has 1 N–H and O–H groups in total. The number of pyridine rings is 1. The van der Waals surface area contributed by atoms with E-state index in [9.17, 15) is 14.7 Å². The number of aliphatic hydroxyl groups is 1. The third-order valence-electron chi connectivity index (χ3n) is 5.19. The zero-order chi connectivity index (χ0) is 22.0. The van der Waals surface area contributed by atoms with Crippen LogP contribution in [0, 0.1) is 0 Å². The Kier molecular flexibility index (Phi) is 5.73. The number of carbonyl (C=O) groups excluding carboxylic acids is 2. The van der Waals surface area contributed by atoms with E-state index in [-0.39, 0.29) is 17.9 Å². The SMILES string of the molecule is COc1ccc(C2/C(=C(\O)c3ccc(Cl)cc3)C(=O)C(=O)N2Cc2ccncc2)cc1. The van der Waals surface area contributed by atoms with Crippen molar-refractivity contribution >= 4 is 29.1 Å². The molecule has 4 rings (SSSR count). The predicted octanol–water partition coefficient (Wildman–Crippen LogP) is 4.37. The Morgan fingerprint density at radius 3 is 2.29 bits per heavy atom. The molecule has 1 aromatic heterocycles. The van der Waals surface area contributed by atoms with Gasteiger partial charge in [0.05, 0.1) is 18.7 Å². The van der Waals surface area contributed by atoms with Crippen molar-refractivity contribution in [3.8, 4) is 5.75 Å². The second-order valence-corrected chi connectivity index (χ2v) is 7.50. The van der Waals surface area contributed by atoms with Crippen LogP contribution in [0.15, 0.2) is 78.6 Å². The van der Waals surface area contributed by atoms with Crippen molar-refractivity contribution in [2.75, 3.05) is 7.11 Å². The summed E-state index contributed by atoms with van der Waals surface area (Å²) in [6.07, 6.45) is 3.25. The number of halogens is 1. The topological polar surface area (TPSA) is 79.7 Å². The van der Waals surface area contributed by atoms with Gasteiger partial charge in [-0.15, -0.1) is 0 Å². The van der Waals surface area contributed by atoms with Gasteiger partial charge in [-0.2, -0.15) is 0 Å². The van der Waals surface area contributed by atoms with Crippen LogP contribution >= 0.6 is 11.6 Å². The molecule has 2 aromatic carbocycles. The fourth-order valence-electron chi connectivity index (χ4n) is 3.62. The molecular weight excluding hydrogens is 416 g/mol. The highest BCUT2D eigenvalue weighted by molar-refractivity contribution is 6.46. The van der Waals surface area contributed by atoms with Gasteiger partial charge in [-0.1, -0.05) is 23.7 Å². The number of rotatable bonds is 5. The quantitative estimate of drug-likeness (QED) is 0.366. The number of ketones is 1. The van der Waals surface area contributed by atoms with Gasteiger partial charge in [0.1, 0.15) is 11.5 Å². The van der Waals surface area contributed by atoms with Crippen LogP contribution in [0.25, 0.3) is 5.76 Å². The van der Waals surface area contributed by atoms with Gasteiger partial charge in [-0.25, -0.2) is 0 Å². The summed E-state index contributed by atoms with van der Waals surface area (Å²) in [4.78, 5) is 31.5. The molecule has 0 aliphatic carbocycles. The van der Waals surface area contributed by atoms with Gasteiger partial charge in [-0.3, -0.25) is 14.6 Å². The van der Waals surface area contributed by atoms with Crippen LogP contribution in [-0.2, 0) is 16.1 Å². The minimum Gasteiger partial charge on any atom is -0.507 e. The summed E-state index contributed by atoms with van der Waals surface area (Å²) in [6.45, 7) is 0.196. The van der Waals surface area contributed by atoms with E-state index >= 15 is 0 Å². The van der Waals surface area contributed by atoms with Crippen molar-refractivity contribution in [3.05, 3.63) is 100 Å². The minimum atomic E-state index is -0.755. The fraction of sp³-hybridized carbons (Fsp3) is 0.125. The van der Waals surface area contributed by atoms with Crippen LogP contribution in [0.5, 0.6) is 5.75 Å². The third-order valence-corrected chi connectivity index (χ3v) is 5.44. The molecule has 6 nitrogen and oxygen atoms in total. The lowest BCUT2D eigenvalue weighted by atomic mass is 9.95. The average molecular weight is 435 g/mol. The second kappa shape index (κ2) is 8.62. The summed E-state index contributed by atoms with van der Waals surface area (Å²) >= 11 is 5.95. The van der Waals surface area contributed by atoms with Gasteiger partial charge in [-0.05, 0) is 59.7 Å². The van der Waals surface area contributed by atoms with E-state index in [0.29, 0.717) is 21.9 Å². The summed E-state index contributed by atoms with van der Waals surface area (Å²) in [7, 11) is 1.56. The third kappa shape index (κ3) is 4.02. The van der Waals surface area contributed by atoms with Crippen molar-refractivity contribution in [2.24, 2.45) is 0 Å². The normalized spacial score (nSPS) is 17.7. The molecule has 31 heavy (non-hydrogen) atoms. The number of ether oxygens (including phenoxy) is 1. The molecule has 1 amide bonds. The number of carbonyl (C=O) groups is 2. The maximum Gasteiger partial charge on any atom is 0.295 e. The number of benzene rings is 2. The lowest BCUT2D eigenvalue weighted by Gasteiger charge is -2.25. The number of methoxy groups -OCH3 is 1. The molecule has 156 valence electrons. The largest absolute Gasteiger partial charge is 0.507 e. The van der Waals surface area contributed by atoms with Gasteiger partial charge in [0.15, 0.2) is 0 Å². The Hall–Kier alpha value is -3.64. The first-order valence-corrected chi connectivity index (χ1v) is 9.94. The van der Waals surface area contributed by atoms with Crippen molar-refractivity contribution in [1.29, 1.82) is 0 Å². The highest BCUT2D eigenvalue weighted by Crippen LogP contribution is 2.40. The zero-order valence-corrected chi connectivity index (χ0v) is 17.4. The fourth-order valence-corrected chi connectivity index (χ4v) is 3.75. The molecule has 1 fully saturated rings. The summed E-state index contributed by atoms with van der Waals surface area (Å²) in [5, 5.41) is 11.5. The van der Waals surface area contributed by atoms with Crippen LogP contribution in [-0.4, -0.2) is 33.8 Å². The van der Waals surface area contributed by atoms with Crippen LogP contribution in [0.3, 0.4) is 0 Å². The lowest BCUT2D eigenvalue weighted by Crippen LogP contribution is -2.29. The smallest absolute Gasteiger partial charge is 0.295 e. The summed E-state index contributed by atoms with van der Waals surface area (Å²) in [6, 6.07) is 16.3. The maximum absolute atomic E-state index is 13.0. The molecule has 0 saturated carbocycles. The summed E-state index contributed by atoms with van der Waals surface area (Å²) in [5.41, 5.74) is 1.95. The molecule has 0 bridgehead atoms. The van der Waals surface area contributed by atoms with Crippen molar-refractivity contribution in [1.82, 2.24) is 9.88 Å². The maximum atomic E-state index is 13.0. The molecule has 0 spiro atoms. The van der Waals surface area contributed by atoms with Gasteiger partial charge in [0, 0.05) is 29.5 Å². The summed E-state index contributed by atoms with van der Waals surface area (Å²) in [5.74, 6) is -1.00. The number of aromatic nitrogens is 1. The molecule has 1 atom stereocenters. The lowest BCUT2D eigenvalue weighted by molar-refractivity contribution is -0.140. The monoisotopic (exact) mass is 434 g/mol. The van der Waals surface area contributed by atoms with E-state index in [1.807, 2.05) is 0 Å². The van der Waals surface area contributed by atoms with Crippen molar-refractivity contribution in [3.63, 3.8) is 0 Å². The number of aliphatic hydroxyl groups excluding tert-OH is 1. The Labute approximate surface area is 184 Å². The molecule has 1 aliphatic rings. The van der Waals surface area contributed by atoms with Crippen LogP contribution in [0.4, 0.5) is 0 Å². The van der Waals surface area contributed by atoms with Crippen LogP contribution in [0.1, 0.15) is 22.7 Å². The first-order valence-electron chi connectivity index (χ1n) is 9.57. The Bertz CT molecular complexity index is 1140. The number of hydrogen-bond acceptors (Lipinski definition) is 5. The highest BCUT2D eigenvalue weighted by atomic mass is 35.5. The second-order valence-electron chi connectivity index (χ2n) is 7.06. The molecular formula is C24H19ClN2O4. The zero-order valence-electron chi connectivity index (χ0n) is 16.7. The number of likely N-dealkylation sites (tertiary alicyclic amines) is 1. The standard InChI is InChI=1S/C24H19ClN2O4/c1-31-19-8-4-16(5-9-19)21-20(22(28)17-2-6-18(25)7-3-17)23(29)24(30)27(21)14-15-10-12-26-13-11-15/h2-13,21,28H,14H2,1H3/b22-20+. The molecule has 2 heterocycles. The average Bonchev–Trinajstić information content (AvgIpc) is 3.05. The van der Waals surface area contributed by atoms with Gasteiger partial charge in [0.2, 0.25) is 0 Å². The van der Waals surface area contributed by atoms with Gasteiger partial charge in [0.25, 0.3) is 11.7 Å². The van der Waals surface area contributed by atoms with Crippen LogP contribution < -0.4 is 4.74 Å².